The van der Waals surface area contributed by atoms with Gasteiger partial charge in [0.25, 0.3) is 0 Å². The molecule has 184 valence electrons. The van der Waals surface area contributed by atoms with E-state index in [9.17, 15) is 22.4 Å². The van der Waals surface area contributed by atoms with Crippen LogP contribution in [0.5, 0.6) is 5.75 Å². The Morgan fingerprint density at radius 1 is 1.06 bits per heavy atom. The molecule has 0 spiro atoms. The van der Waals surface area contributed by atoms with Gasteiger partial charge in [-0.3, -0.25) is 4.79 Å². The number of ketones is 1. The summed E-state index contributed by atoms with van der Waals surface area (Å²) in [5, 5.41) is 0. The van der Waals surface area contributed by atoms with Crippen LogP contribution in [0.1, 0.15) is 47.4 Å². The van der Waals surface area contributed by atoms with Crippen LogP contribution in [0.15, 0.2) is 41.3 Å². The highest BCUT2D eigenvalue weighted by atomic mass is 32.2. The third-order valence-electron chi connectivity index (χ3n) is 5.79. The number of sulfonamides is 1. The summed E-state index contributed by atoms with van der Waals surface area (Å²) < 4.78 is 51.3. The Labute approximate surface area is 199 Å². The number of Topliss-reactive ketones (excluding diaryl/α,β-unsaturated/α-hetero) is 1. The monoisotopic (exact) mass is 492 g/mol. The quantitative estimate of drug-likeness (QED) is 0.370. The number of anilines is 1. The summed E-state index contributed by atoms with van der Waals surface area (Å²) in [6.45, 7) is 4.90. The van der Waals surface area contributed by atoms with E-state index < -0.39 is 34.2 Å². The number of ether oxygens (including phenoxy) is 2. The van der Waals surface area contributed by atoms with Crippen molar-refractivity contribution in [3.63, 3.8) is 0 Å². The van der Waals surface area contributed by atoms with Crippen LogP contribution < -0.4 is 9.64 Å². The Bertz CT molecular complexity index is 1160. The van der Waals surface area contributed by atoms with Gasteiger partial charge in [-0.15, -0.1) is 0 Å². The van der Waals surface area contributed by atoms with Gasteiger partial charge in [0.2, 0.25) is 10.0 Å². The number of methoxy groups -OCH3 is 1. The minimum absolute atomic E-state index is 0.00461. The zero-order chi connectivity index (χ0) is 24.9. The van der Waals surface area contributed by atoms with Gasteiger partial charge in [-0.25, -0.2) is 17.6 Å². The highest BCUT2D eigenvalue weighted by Crippen LogP contribution is 2.29. The molecule has 0 aromatic heterocycles. The van der Waals surface area contributed by atoms with Crippen LogP contribution in [0.2, 0.25) is 0 Å². The summed E-state index contributed by atoms with van der Waals surface area (Å²) in [6.07, 6.45) is 1.91. The molecular formula is C24H29FN2O6S. The lowest BCUT2D eigenvalue weighted by Crippen LogP contribution is -2.31. The van der Waals surface area contributed by atoms with Gasteiger partial charge in [0.05, 0.1) is 23.3 Å². The molecule has 0 unspecified atom stereocenters. The first-order valence-corrected chi connectivity index (χ1v) is 12.6. The number of hydrogen-bond donors (Lipinski definition) is 0. The molecule has 1 heterocycles. The molecule has 3 rings (SSSR count). The van der Waals surface area contributed by atoms with E-state index in [1.165, 1.54) is 35.7 Å². The van der Waals surface area contributed by atoms with Crippen LogP contribution in [0, 0.1) is 5.82 Å². The van der Waals surface area contributed by atoms with E-state index in [4.69, 9.17) is 9.47 Å². The maximum Gasteiger partial charge on any atom is 0.340 e. The van der Waals surface area contributed by atoms with Crippen LogP contribution >= 0.6 is 0 Å². The molecule has 0 atom stereocenters. The molecule has 0 N–H and O–H groups in total. The fourth-order valence-corrected chi connectivity index (χ4v) is 5.40. The summed E-state index contributed by atoms with van der Waals surface area (Å²) in [6, 6.07) is 8.12. The predicted octanol–water partition coefficient (Wildman–Crippen LogP) is 3.50. The molecule has 2 aromatic carbocycles. The average Bonchev–Trinajstić information content (AvgIpc) is 3.37. The lowest BCUT2D eigenvalue weighted by Gasteiger charge is -2.23. The van der Waals surface area contributed by atoms with E-state index in [1.807, 2.05) is 4.90 Å². The highest BCUT2D eigenvalue weighted by molar-refractivity contribution is 7.89. The van der Waals surface area contributed by atoms with Gasteiger partial charge in [-0.2, -0.15) is 4.31 Å². The number of benzene rings is 2. The summed E-state index contributed by atoms with van der Waals surface area (Å²) in [5.41, 5.74) is 0.663. The van der Waals surface area contributed by atoms with E-state index >= 15 is 0 Å². The van der Waals surface area contributed by atoms with Gasteiger partial charge in [-0.05, 0) is 49.2 Å². The normalized spacial score (nSPS) is 13.9. The minimum Gasteiger partial charge on any atom is -0.494 e. The van der Waals surface area contributed by atoms with Crippen molar-refractivity contribution in [3.8, 4) is 5.75 Å². The topological polar surface area (TPSA) is 93.2 Å². The zero-order valence-corrected chi connectivity index (χ0v) is 20.4. The molecule has 10 heteroatoms. The number of nitrogens with zero attached hydrogens (tertiary/aromatic N) is 2. The van der Waals surface area contributed by atoms with Crippen molar-refractivity contribution in [1.29, 1.82) is 0 Å². The average molecular weight is 493 g/mol. The predicted molar refractivity (Wildman–Crippen MR) is 126 cm³/mol. The Morgan fingerprint density at radius 2 is 1.74 bits per heavy atom. The zero-order valence-electron chi connectivity index (χ0n) is 19.5. The minimum atomic E-state index is -3.80. The van der Waals surface area contributed by atoms with E-state index in [0.717, 1.165) is 32.0 Å². The number of carbonyl (C=O) groups is 2. The van der Waals surface area contributed by atoms with Crippen LogP contribution in [0.3, 0.4) is 0 Å². The molecule has 8 nitrogen and oxygen atoms in total. The molecule has 2 aromatic rings. The van der Waals surface area contributed by atoms with E-state index in [-0.39, 0.29) is 21.8 Å². The van der Waals surface area contributed by atoms with Crippen molar-refractivity contribution in [2.75, 3.05) is 44.8 Å². The largest absolute Gasteiger partial charge is 0.494 e. The third kappa shape index (κ3) is 5.39. The van der Waals surface area contributed by atoms with Gasteiger partial charge >= 0.3 is 5.97 Å². The van der Waals surface area contributed by atoms with Crippen LogP contribution in [0.4, 0.5) is 10.1 Å². The van der Waals surface area contributed by atoms with Crippen molar-refractivity contribution in [2.24, 2.45) is 0 Å². The number of halogens is 1. The summed E-state index contributed by atoms with van der Waals surface area (Å²) >= 11 is 0. The molecule has 0 amide bonds. The van der Waals surface area contributed by atoms with Crippen molar-refractivity contribution in [2.45, 2.75) is 31.6 Å². The lowest BCUT2D eigenvalue weighted by atomic mass is 10.1. The fourth-order valence-electron chi connectivity index (χ4n) is 3.92. The molecule has 34 heavy (non-hydrogen) atoms. The Balaban J connectivity index is 1.87. The van der Waals surface area contributed by atoms with Gasteiger partial charge in [-0.1, -0.05) is 13.8 Å². The Kier molecular flexibility index (Phi) is 8.27. The lowest BCUT2D eigenvalue weighted by molar-refractivity contribution is 0.0475. The molecule has 0 aliphatic carbocycles. The Hall–Kier alpha value is -2.98. The first-order chi connectivity index (χ1) is 16.2. The maximum absolute atomic E-state index is 13.9. The van der Waals surface area contributed by atoms with Crippen LogP contribution in [0.25, 0.3) is 0 Å². The second-order valence-corrected chi connectivity index (χ2v) is 9.75. The van der Waals surface area contributed by atoms with Crippen molar-refractivity contribution in [3.05, 3.63) is 53.3 Å². The van der Waals surface area contributed by atoms with E-state index in [1.54, 1.807) is 19.9 Å². The van der Waals surface area contributed by atoms with Crippen molar-refractivity contribution >= 4 is 27.5 Å². The van der Waals surface area contributed by atoms with Crippen LogP contribution in [-0.2, 0) is 14.8 Å². The standard InChI is InChI=1S/C24H29FN2O6S/c1-4-27(5-2)34(30,31)18-9-10-21(26-12-6-7-13-26)19(15-18)24(29)33-16-22(28)17-8-11-23(32-3)20(25)14-17/h8-11,14-15H,4-7,12-13,16H2,1-3H3. The maximum atomic E-state index is 13.9. The molecule has 0 radical (unpaired) electrons. The second-order valence-electron chi connectivity index (χ2n) is 7.81. The van der Waals surface area contributed by atoms with Crippen molar-refractivity contribution in [1.82, 2.24) is 4.31 Å². The first kappa shape index (κ1) is 25.6. The summed E-state index contributed by atoms with van der Waals surface area (Å²) in [5.74, 6) is -2.12. The molecule has 1 fully saturated rings. The van der Waals surface area contributed by atoms with Gasteiger partial charge in [0.1, 0.15) is 0 Å². The van der Waals surface area contributed by atoms with E-state index in [2.05, 4.69) is 0 Å². The van der Waals surface area contributed by atoms with E-state index in [0.29, 0.717) is 18.8 Å². The van der Waals surface area contributed by atoms with Crippen LogP contribution in [-0.4, -0.2) is 64.4 Å². The molecular weight excluding hydrogens is 463 g/mol. The molecule has 1 aliphatic rings. The molecule has 1 saturated heterocycles. The third-order valence-corrected chi connectivity index (χ3v) is 7.83. The number of esters is 1. The SMILES string of the molecule is CCN(CC)S(=O)(=O)c1ccc(N2CCCC2)c(C(=O)OCC(=O)c2ccc(OC)c(F)c2)c1. The molecule has 1 aliphatic heterocycles. The second kappa shape index (κ2) is 11.0. The molecule has 0 bridgehead atoms. The number of rotatable bonds is 10. The van der Waals surface area contributed by atoms with Gasteiger partial charge < -0.3 is 14.4 Å². The number of hydrogen-bond acceptors (Lipinski definition) is 7. The summed E-state index contributed by atoms with van der Waals surface area (Å²) in [4.78, 5) is 27.5. The smallest absolute Gasteiger partial charge is 0.340 e. The Morgan fingerprint density at radius 3 is 2.32 bits per heavy atom. The number of carbonyl (C=O) groups excluding carboxylic acids is 2. The first-order valence-electron chi connectivity index (χ1n) is 11.2. The van der Waals surface area contributed by atoms with Crippen molar-refractivity contribution < 1.29 is 31.9 Å². The van der Waals surface area contributed by atoms with Gasteiger partial charge in [0, 0.05) is 31.7 Å². The summed E-state index contributed by atoms with van der Waals surface area (Å²) in [7, 11) is -2.48. The van der Waals surface area contributed by atoms with Gasteiger partial charge in [0.15, 0.2) is 24.0 Å². The molecule has 0 saturated carbocycles. The highest BCUT2D eigenvalue weighted by Gasteiger charge is 2.27. The fraction of sp³-hybridized carbons (Fsp3) is 0.417.